The Kier molecular flexibility index (Phi) is 5.65. The lowest BCUT2D eigenvalue weighted by atomic mass is 10.00. The maximum Gasteiger partial charge on any atom is 0.310 e. The second kappa shape index (κ2) is 8.09. The molecule has 3 heterocycles. The molecule has 1 atom stereocenters. The van der Waals surface area contributed by atoms with Crippen LogP contribution in [0.15, 0.2) is 21.6 Å². The Hall–Kier alpha value is -2.30. The second-order valence-electron chi connectivity index (χ2n) is 7.27. The summed E-state index contributed by atoms with van der Waals surface area (Å²) in [6.07, 6.45) is 1.10. The Morgan fingerprint density at radius 1 is 1.33 bits per heavy atom. The molecule has 4 rings (SSSR count). The quantitative estimate of drug-likeness (QED) is 0.632. The highest BCUT2D eigenvalue weighted by Gasteiger charge is 2.37. The van der Waals surface area contributed by atoms with Crippen LogP contribution in [0.1, 0.15) is 29.9 Å². The SMILES string of the molecule is Cc1noc(C)c1S(=O)(=O)N1CCCC(C(=O)OCc2cc(Cl)c3c(c2)OCO3)C1. The lowest BCUT2D eigenvalue weighted by molar-refractivity contribution is -0.151. The molecule has 0 saturated carbocycles. The molecule has 11 heteroatoms. The summed E-state index contributed by atoms with van der Waals surface area (Å²) < 4.78 is 48.3. The van der Waals surface area contributed by atoms with Gasteiger partial charge in [-0.25, -0.2) is 8.42 Å². The lowest BCUT2D eigenvalue weighted by Crippen LogP contribution is -2.43. The lowest BCUT2D eigenvalue weighted by Gasteiger charge is -2.30. The number of aryl methyl sites for hydroxylation is 2. The van der Waals surface area contributed by atoms with Gasteiger partial charge in [-0.05, 0) is 44.4 Å². The maximum absolute atomic E-state index is 13.0. The molecule has 0 spiro atoms. The largest absolute Gasteiger partial charge is 0.461 e. The van der Waals surface area contributed by atoms with Crippen LogP contribution in [0, 0.1) is 19.8 Å². The van der Waals surface area contributed by atoms with E-state index in [0.717, 1.165) is 0 Å². The van der Waals surface area contributed by atoms with E-state index in [1.807, 2.05) is 0 Å². The van der Waals surface area contributed by atoms with E-state index in [-0.39, 0.29) is 30.6 Å². The Labute approximate surface area is 178 Å². The third-order valence-electron chi connectivity index (χ3n) is 5.15. The van der Waals surface area contributed by atoms with Crippen molar-refractivity contribution >= 4 is 27.6 Å². The van der Waals surface area contributed by atoms with Gasteiger partial charge < -0.3 is 18.7 Å². The third-order valence-corrected chi connectivity index (χ3v) is 7.54. The number of aromatic nitrogens is 1. The molecule has 1 saturated heterocycles. The van der Waals surface area contributed by atoms with Crippen molar-refractivity contribution in [2.75, 3.05) is 19.9 Å². The van der Waals surface area contributed by atoms with Crippen molar-refractivity contribution in [2.45, 2.75) is 38.2 Å². The van der Waals surface area contributed by atoms with E-state index in [0.29, 0.717) is 47.2 Å². The molecule has 30 heavy (non-hydrogen) atoms. The number of halogens is 1. The number of carbonyl (C=O) groups is 1. The second-order valence-corrected chi connectivity index (χ2v) is 9.56. The van der Waals surface area contributed by atoms with Gasteiger partial charge in [-0.1, -0.05) is 16.8 Å². The standard InChI is InChI=1S/C19H21ClN2O7S/c1-11-18(12(2)29-21-11)30(24,25)22-5-3-4-14(8-22)19(23)26-9-13-6-15(20)17-16(7-13)27-10-28-17/h6-7,14H,3-5,8-10H2,1-2H3. The first-order chi connectivity index (χ1) is 14.3. The molecular weight excluding hydrogens is 436 g/mol. The molecular formula is C19H21ClN2O7S. The Morgan fingerprint density at radius 3 is 2.87 bits per heavy atom. The summed E-state index contributed by atoms with van der Waals surface area (Å²) in [6.45, 7) is 3.60. The van der Waals surface area contributed by atoms with Crippen molar-refractivity contribution in [3.8, 4) is 11.5 Å². The van der Waals surface area contributed by atoms with E-state index >= 15 is 0 Å². The Bertz CT molecular complexity index is 1060. The molecule has 1 aromatic carbocycles. The van der Waals surface area contributed by atoms with Gasteiger partial charge in [0.05, 0.1) is 10.9 Å². The number of ether oxygens (including phenoxy) is 3. The van der Waals surface area contributed by atoms with Crippen LogP contribution in [-0.4, -0.2) is 43.7 Å². The predicted octanol–water partition coefficient (Wildman–Crippen LogP) is 2.82. The fraction of sp³-hybridized carbons (Fsp3) is 0.474. The molecule has 0 amide bonds. The molecule has 1 aromatic heterocycles. The number of esters is 1. The molecule has 0 N–H and O–H groups in total. The van der Waals surface area contributed by atoms with Gasteiger partial charge in [0.15, 0.2) is 17.3 Å². The van der Waals surface area contributed by atoms with Gasteiger partial charge in [0.25, 0.3) is 0 Å². The van der Waals surface area contributed by atoms with Crippen LogP contribution in [0.4, 0.5) is 0 Å². The van der Waals surface area contributed by atoms with E-state index in [4.69, 9.17) is 30.3 Å². The molecule has 0 radical (unpaired) electrons. The van der Waals surface area contributed by atoms with Crippen molar-refractivity contribution in [1.29, 1.82) is 0 Å². The van der Waals surface area contributed by atoms with Crippen LogP contribution >= 0.6 is 11.6 Å². The van der Waals surface area contributed by atoms with Gasteiger partial charge in [-0.2, -0.15) is 4.31 Å². The first kappa shape index (κ1) is 21.0. The third kappa shape index (κ3) is 3.86. The topological polar surface area (TPSA) is 108 Å². The normalized spacial score (nSPS) is 19.1. The predicted molar refractivity (Wildman–Crippen MR) is 105 cm³/mol. The van der Waals surface area contributed by atoms with Gasteiger partial charge in [-0.15, -0.1) is 0 Å². The number of nitrogens with zero attached hydrogens (tertiary/aromatic N) is 2. The molecule has 2 aliphatic rings. The van der Waals surface area contributed by atoms with Gasteiger partial charge in [0.2, 0.25) is 16.8 Å². The minimum absolute atomic E-state index is 0.00229. The van der Waals surface area contributed by atoms with Gasteiger partial charge in [0.1, 0.15) is 17.2 Å². The van der Waals surface area contributed by atoms with Crippen LogP contribution < -0.4 is 9.47 Å². The zero-order valence-electron chi connectivity index (χ0n) is 16.5. The van der Waals surface area contributed by atoms with E-state index in [1.165, 1.54) is 4.31 Å². The first-order valence-electron chi connectivity index (χ1n) is 9.45. The minimum Gasteiger partial charge on any atom is -0.461 e. The van der Waals surface area contributed by atoms with Gasteiger partial charge in [0, 0.05) is 13.1 Å². The zero-order chi connectivity index (χ0) is 21.5. The fourth-order valence-electron chi connectivity index (χ4n) is 3.70. The van der Waals surface area contributed by atoms with Crippen molar-refractivity contribution in [3.63, 3.8) is 0 Å². The van der Waals surface area contributed by atoms with Crippen LogP contribution in [-0.2, 0) is 26.2 Å². The molecule has 0 bridgehead atoms. The van der Waals surface area contributed by atoms with Crippen LogP contribution in [0.3, 0.4) is 0 Å². The summed E-state index contributed by atoms with van der Waals surface area (Å²) in [5.41, 5.74) is 0.963. The van der Waals surface area contributed by atoms with Crippen LogP contribution in [0.5, 0.6) is 11.5 Å². The van der Waals surface area contributed by atoms with E-state index in [1.54, 1.807) is 26.0 Å². The average molecular weight is 457 g/mol. The number of benzene rings is 1. The summed E-state index contributed by atoms with van der Waals surface area (Å²) in [5, 5.41) is 4.10. The molecule has 2 aliphatic heterocycles. The van der Waals surface area contributed by atoms with Gasteiger partial charge >= 0.3 is 5.97 Å². The number of piperidine rings is 1. The number of fused-ring (bicyclic) bond motifs is 1. The Balaban J connectivity index is 1.42. The smallest absolute Gasteiger partial charge is 0.310 e. The fourth-order valence-corrected chi connectivity index (χ4v) is 5.80. The molecule has 1 fully saturated rings. The molecule has 9 nitrogen and oxygen atoms in total. The summed E-state index contributed by atoms with van der Waals surface area (Å²) in [6, 6.07) is 3.36. The zero-order valence-corrected chi connectivity index (χ0v) is 18.1. The van der Waals surface area contributed by atoms with Crippen molar-refractivity contribution in [3.05, 3.63) is 34.2 Å². The summed E-state index contributed by atoms with van der Waals surface area (Å²) in [7, 11) is -3.80. The highest BCUT2D eigenvalue weighted by atomic mass is 35.5. The van der Waals surface area contributed by atoms with E-state index in [9.17, 15) is 13.2 Å². The number of sulfonamides is 1. The minimum atomic E-state index is -3.80. The van der Waals surface area contributed by atoms with Gasteiger partial charge in [-0.3, -0.25) is 4.79 Å². The maximum atomic E-state index is 13.0. The highest BCUT2D eigenvalue weighted by Crippen LogP contribution is 2.40. The number of hydrogen-bond donors (Lipinski definition) is 0. The summed E-state index contributed by atoms with van der Waals surface area (Å²) in [4.78, 5) is 12.7. The summed E-state index contributed by atoms with van der Waals surface area (Å²) in [5.74, 6) is 0.194. The first-order valence-corrected chi connectivity index (χ1v) is 11.3. The van der Waals surface area contributed by atoms with Crippen molar-refractivity contribution in [2.24, 2.45) is 5.92 Å². The van der Waals surface area contributed by atoms with Crippen LogP contribution in [0.2, 0.25) is 5.02 Å². The highest BCUT2D eigenvalue weighted by molar-refractivity contribution is 7.89. The van der Waals surface area contributed by atoms with Crippen molar-refractivity contribution < 1.29 is 31.9 Å². The number of hydrogen-bond acceptors (Lipinski definition) is 8. The Morgan fingerprint density at radius 2 is 2.13 bits per heavy atom. The van der Waals surface area contributed by atoms with Crippen LogP contribution in [0.25, 0.3) is 0 Å². The average Bonchev–Trinajstić information content (AvgIpc) is 3.33. The van der Waals surface area contributed by atoms with E-state index < -0.39 is 21.9 Å². The van der Waals surface area contributed by atoms with E-state index in [2.05, 4.69) is 5.16 Å². The summed E-state index contributed by atoms with van der Waals surface area (Å²) >= 11 is 6.15. The molecule has 2 aromatic rings. The molecule has 162 valence electrons. The number of carbonyl (C=O) groups excluding carboxylic acids is 1. The number of rotatable bonds is 5. The molecule has 0 aliphatic carbocycles. The molecule has 1 unspecified atom stereocenters. The van der Waals surface area contributed by atoms with Crippen molar-refractivity contribution in [1.82, 2.24) is 9.46 Å². The monoisotopic (exact) mass is 456 g/mol.